The SMILES string of the molecule is C[C@@H]1CCCCN1c1ccc(Cl)cc1C(=O)O. The number of rotatable bonds is 2. The molecule has 1 heterocycles. The molecule has 1 N–H and O–H groups in total. The molecule has 3 nitrogen and oxygen atoms in total. The van der Waals surface area contributed by atoms with Crippen LogP contribution in [0.15, 0.2) is 18.2 Å². The monoisotopic (exact) mass is 253 g/mol. The van der Waals surface area contributed by atoms with Crippen LogP contribution in [0.4, 0.5) is 5.69 Å². The fraction of sp³-hybridized carbons (Fsp3) is 0.462. The third-order valence-electron chi connectivity index (χ3n) is 3.30. The van der Waals surface area contributed by atoms with Gasteiger partial charge >= 0.3 is 5.97 Å². The fourth-order valence-electron chi connectivity index (χ4n) is 2.39. The maximum atomic E-state index is 11.2. The summed E-state index contributed by atoms with van der Waals surface area (Å²) in [6.45, 7) is 3.06. The molecule has 1 aromatic rings. The molecule has 0 radical (unpaired) electrons. The van der Waals surface area contributed by atoms with Crippen LogP contribution in [0.1, 0.15) is 36.5 Å². The Bertz CT molecular complexity index is 433. The number of aromatic carboxylic acids is 1. The lowest BCUT2D eigenvalue weighted by atomic mass is 10.0. The van der Waals surface area contributed by atoms with Gasteiger partial charge in [-0.3, -0.25) is 0 Å². The molecule has 1 saturated heterocycles. The number of carboxylic acids is 1. The quantitative estimate of drug-likeness (QED) is 0.878. The summed E-state index contributed by atoms with van der Waals surface area (Å²) in [5.74, 6) is -0.916. The van der Waals surface area contributed by atoms with Crippen molar-refractivity contribution in [3.63, 3.8) is 0 Å². The first-order valence-corrected chi connectivity index (χ1v) is 6.27. The normalized spacial score (nSPS) is 20.4. The Morgan fingerprint density at radius 3 is 2.88 bits per heavy atom. The number of nitrogens with zero attached hydrogens (tertiary/aromatic N) is 1. The van der Waals surface area contributed by atoms with Gasteiger partial charge in [-0.15, -0.1) is 0 Å². The first-order chi connectivity index (χ1) is 8.09. The van der Waals surface area contributed by atoms with Gasteiger partial charge in [-0.05, 0) is 44.4 Å². The fourth-order valence-corrected chi connectivity index (χ4v) is 2.56. The minimum Gasteiger partial charge on any atom is -0.478 e. The van der Waals surface area contributed by atoms with Crippen molar-refractivity contribution in [2.24, 2.45) is 0 Å². The Morgan fingerprint density at radius 1 is 1.47 bits per heavy atom. The highest BCUT2D eigenvalue weighted by Crippen LogP contribution is 2.29. The van der Waals surface area contributed by atoms with Gasteiger partial charge in [0.2, 0.25) is 0 Å². The van der Waals surface area contributed by atoms with Gasteiger partial charge in [-0.1, -0.05) is 11.6 Å². The lowest BCUT2D eigenvalue weighted by Gasteiger charge is -2.36. The zero-order valence-corrected chi connectivity index (χ0v) is 10.6. The molecule has 0 amide bonds. The average Bonchev–Trinajstić information content (AvgIpc) is 2.30. The molecule has 17 heavy (non-hydrogen) atoms. The number of halogens is 1. The maximum Gasteiger partial charge on any atom is 0.337 e. The van der Waals surface area contributed by atoms with Gasteiger partial charge in [-0.2, -0.15) is 0 Å². The largest absolute Gasteiger partial charge is 0.478 e. The van der Waals surface area contributed by atoms with Crippen LogP contribution in [-0.4, -0.2) is 23.7 Å². The van der Waals surface area contributed by atoms with E-state index in [4.69, 9.17) is 11.6 Å². The smallest absolute Gasteiger partial charge is 0.337 e. The minimum atomic E-state index is -0.916. The van der Waals surface area contributed by atoms with Crippen molar-refractivity contribution in [3.8, 4) is 0 Å². The van der Waals surface area contributed by atoms with Crippen LogP contribution in [0.5, 0.6) is 0 Å². The molecule has 1 aliphatic rings. The number of hydrogen-bond acceptors (Lipinski definition) is 2. The van der Waals surface area contributed by atoms with Crippen LogP contribution in [0.3, 0.4) is 0 Å². The number of benzene rings is 1. The number of anilines is 1. The molecule has 1 atom stereocenters. The van der Waals surface area contributed by atoms with Crippen molar-refractivity contribution in [1.82, 2.24) is 0 Å². The summed E-state index contributed by atoms with van der Waals surface area (Å²) in [7, 11) is 0. The highest BCUT2D eigenvalue weighted by Gasteiger charge is 2.23. The highest BCUT2D eigenvalue weighted by molar-refractivity contribution is 6.31. The van der Waals surface area contributed by atoms with E-state index in [1.165, 1.54) is 12.5 Å². The Morgan fingerprint density at radius 2 is 2.24 bits per heavy atom. The predicted octanol–water partition coefficient (Wildman–Crippen LogP) is 3.42. The second kappa shape index (κ2) is 4.96. The van der Waals surface area contributed by atoms with Crippen LogP contribution in [0.2, 0.25) is 5.02 Å². The molecule has 92 valence electrons. The van der Waals surface area contributed by atoms with Crippen molar-refractivity contribution >= 4 is 23.3 Å². The van der Waals surface area contributed by atoms with E-state index in [0.717, 1.165) is 25.1 Å². The molecule has 0 spiro atoms. The van der Waals surface area contributed by atoms with E-state index in [-0.39, 0.29) is 0 Å². The number of piperidine rings is 1. The van der Waals surface area contributed by atoms with E-state index in [0.29, 0.717) is 16.6 Å². The van der Waals surface area contributed by atoms with Crippen molar-refractivity contribution in [3.05, 3.63) is 28.8 Å². The number of hydrogen-bond donors (Lipinski definition) is 1. The topological polar surface area (TPSA) is 40.5 Å². The van der Waals surface area contributed by atoms with E-state index in [2.05, 4.69) is 11.8 Å². The van der Waals surface area contributed by atoms with Crippen LogP contribution in [0, 0.1) is 0 Å². The van der Waals surface area contributed by atoms with Gasteiger partial charge in [-0.25, -0.2) is 4.79 Å². The van der Waals surface area contributed by atoms with E-state index >= 15 is 0 Å². The van der Waals surface area contributed by atoms with E-state index in [1.54, 1.807) is 6.07 Å². The summed E-state index contributed by atoms with van der Waals surface area (Å²) in [6.07, 6.45) is 3.45. The molecular weight excluding hydrogens is 238 g/mol. The van der Waals surface area contributed by atoms with E-state index < -0.39 is 5.97 Å². The predicted molar refractivity (Wildman–Crippen MR) is 69.1 cm³/mol. The van der Waals surface area contributed by atoms with Crippen LogP contribution >= 0.6 is 11.6 Å². The Balaban J connectivity index is 2.39. The molecule has 4 heteroatoms. The molecule has 1 fully saturated rings. The van der Waals surface area contributed by atoms with Gasteiger partial charge < -0.3 is 10.0 Å². The summed E-state index contributed by atoms with van der Waals surface area (Å²) >= 11 is 5.85. The lowest BCUT2D eigenvalue weighted by molar-refractivity contribution is 0.0697. The standard InChI is InChI=1S/C13H16ClNO2/c1-9-4-2-3-7-15(9)12-6-5-10(14)8-11(12)13(16)17/h5-6,8-9H,2-4,7H2,1H3,(H,16,17)/t9-/m1/s1. The molecule has 0 aromatic heterocycles. The molecule has 1 aliphatic heterocycles. The van der Waals surface area contributed by atoms with Gasteiger partial charge in [0.15, 0.2) is 0 Å². The van der Waals surface area contributed by atoms with Crippen molar-refractivity contribution in [1.29, 1.82) is 0 Å². The summed E-state index contributed by atoms with van der Waals surface area (Å²) in [5, 5.41) is 9.69. The van der Waals surface area contributed by atoms with Crippen molar-refractivity contribution in [2.45, 2.75) is 32.2 Å². The lowest BCUT2D eigenvalue weighted by Crippen LogP contribution is -2.38. The van der Waals surface area contributed by atoms with Crippen LogP contribution in [-0.2, 0) is 0 Å². The Labute approximate surface area is 106 Å². The summed E-state index contributed by atoms with van der Waals surface area (Å²) in [4.78, 5) is 13.4. The Hall–Kier alpha value is -1.22. The highest BCUT2D eigenvalue weighted by atomic mass is 35.5. The Kier molecular flexibility index (Phi) is 3.57. The van der Waals surface area contributed by atoms with Crippen LogP contribution < -0.4 is 4.90 Å². The maximum absolute atomic E-state index is 11.2. The molecular formula is C13H16ClNO2. The number of carbonyl (C=O) groups is 1. The third kappa shape index (κ3) is 2.55. The second-order valence-electron chi connectivity index (χ2n) is 4.50. The molecule has 0 bridgehead atoms. The molecule has 0 saturated carbocycles. The summed E-state index contributed by atoms with van der Waals surface area (Å²) in [5.41, 5.74) is 1.08. The first kappa shape index (κ1) is 12.2. The molecule has 0 unspecified atom stereocenters. The summed E-state index contributed by atoms with van der Waals surface area (Å²) < 4.78 is 0. The van der Waals surface area contributed by atoms with Gasteiger partial charge in [0, 0.05) is 17.6 Å². The van der Waals surface area contributed by atoms with E-state index in [9.17, 15) is 9.90 Å². The molecule has 2 rings (SSSR count). The molecule has 1 aromatic carbocycles. The molecule has 0 aliphatic carbocycles. The average molecular weight is 254 g/mol. The zero-order chi connectivity index (χ0) is 12.4. The third-order valence-corrected chi connectivity index (χ3v) is 3.54. The minimum absolute atomic E-state index is 0.297. The zero-order valence-electron chi connectivity index (χ0n) is 9.82. The first-order valence-electron chi connectivity index (χ1n) is 5.89. The van der Waals surface area contributed by atoms with E-state index in [1.807, 2.05) is 6.07 Å². The van der Waals surface area contributed by atoms with Crippen LogP contribution in [0.25, 0.3) is 0 Å². The van der Waals surface area contributed by atoms with Gasteiger partial charge in [0.25, 0.3) is 0 Å². The van der Waals surface area contributed by atoms with Crippen molar-refractivity contribution in [2.75, 3.05) is 11.4 Å². The van der Waals surface area contributed by atoms with Gasteiger partial charge in [0.05, 0.1) is 11.3 Å². The van der Waals surface area contributed by atoms with Crippen molar-refractivity contribution < 1.29 is 9.90 Å². The van der Waals surface area contributed by atoms with Gasteiger partial charge in [0.1, 0.15) is 0 Å². The second-order valence-corrected chi connectivity index (χ2v) is 4.94. The number of carboxylic acid groups (broad SMARTS) is 1. The summed E-state index contributed by atoms with van der Waals surface area (Å²) in [6, 6.07) is 5.49.